The summed E-state index contributed by atoms with van der Waals surface area (Å²) in [7, 11) is 0. The number of nitrogen functional groups attached to an aromatic ring is 1. The summed E-state index contributed by atoms with van der Waals surface area (Å²) in [5, 5.41) is 2.86. The number of amides is 2. The van der Waals surface area contributed by atoms with E-state index >= 15 is 0 Å². The van der Waals surface area contributed by atoms with Crippen LogP contribution in [0.1, 0.15) is 5.82 Å². The van der Waals surface area contributed by atoms with Crippen LogP contribution in [0.4, 0.5) is 16.2 Å². The Balaban J connectivity index is 1.67. The quantitative estimate of drug-likeness (QED) is 0.760. The highest BCUT2D eigenvalue weighted by Gasteiger charge is 2.20. The summed E-state index contributed by atoms with van der Waals surface area (Å²) in [5.74, 6) is 0.915. The number of nitrogens with one attached hydrogen (secondary N) is 1. The minimum Gasteiger partial charge on any atom is -0.399 e. The Labute approximate surface area is 110 Å². The number of nitrogens with two attached hydrogens (primary N) is 1. The van der Waals surface area contributed by atoms with Crippen molar-refractivity contribution in [1.82, 2.24) is 14.5 Å². The molecule has 0 radical (unpaired) electrons. The van der Waals surface area contributed by atoms with E-state index in [0.29, 0.717) is 18.8 Å². The van der Waals surface area contributed by atoms with Gasteiger partial charge in [-0.2, -0.15) is 0 Å². The summed E-state index contributed by atoms with van der Waals surface area (Å²) < 4.78 is 2.06. The summed E-state index contributed by atoms with van der Waals surface area (Å²) in [4.78, 5) is 18.1. The number of nitrogens with zero attached hydrogens (tertiary/aromatic N) is 3. The minimum atomic E-state index is -0.112. The lowest BCUT2D eigenvalue weighted by Crippen LogP contribution is -2.40. The first-order valence-electron chi connectivity index (χ1n) is 6.14. The van der Waals surface area contributed by atoms with Crippen molar-refractivity contribution in [3.8, 4) is 0 Å². The highest BCUT2D eigenvalue weighted by molar-refractivity contribution is 5.89. The number of urea groups is 1. The third-order valence-electron chi connectivity index (χ3n) is 3.19. The maximum atomic E-state index is 12.1. The second kappa shape index (κ2) is 4.64. The molecule has 0 unspecified atom stereocenters. The SMILES string of the molecule is Nc1ccc(NC(=O)N2CCn3ccnc3C2)cc1. The highest BCUT2D eigenvalue weighted by Crippen LogP contribution is 2.14. The Bertz CT molecular complexity index is 589. The number of carbonyl (C=O) groups excluding carboxylic acids is 1. The van der Waals surface area contributed by atoms with Crippen molar-refractivity contribution in [2.75, 3.05) is 17.6 Å². The fourth-order valence-corrected chi connectivity index (χ4v) is 2.12. The third-order valence-corrected chi connectivity index (χ3v) is 3.19. The molecule has 0 saturated heterocycles. The Kier molecular flexibility index (Phi) is 2.83. The van der Waals surface area contributed by atoms with Crippen molar-refractivity contribution in [3.63, 3.8) is 0 Å². The molecule has 2 amide bonds. The molecular weight excluding hydrogens is 242 g/mol. The van der Waals surface area contributed by atoms with Crippen molar-refractivity contribution >= 4 is 17.4 Å². The maximum Gasteiger partial charge on any atom is 0.322 e. The first-order chi connectivity index (χ1) is 9.22. The van der Waals surface area contributed by atoms with Crippen LogP contribution in [-0.2, 0) is 13.1 Å². The second-order valence-corrected chi connectivity index (χ2v) is 4.51. The van der Waals surface area contributed by atoms with E-state index in [4.69, 9.17) is 5.73 Å². The number of fused-ring (bicyclic) bond motifs is 1. The van der Waals surface area contributed by atoms with Crippen molar-refractivity contribution in [2.24, 2.45) is 0 Å². The monoisotopic (exact) mass is 257 g/mol. The zero-order valence-electron chi connectivity index (χ0n) is 10.4. The van der Waals surface area contributed by atoms with Gasteiger partial charge in [0.25, 0.3) is 0 Å². The molecule has 3 rings (SSSR count). The van der Waals surface area contributed by atoms with Gasteiger partial charge in [-0.3, -0.25) is 0 Å². The zero-order valence-corrected chi connectivity index (χ0v) is 10.4. The lowest BCUT2D eigenvalue weighted by atomic mass is 10.3. The van der Waals surface area contributed by atoms with Gasteiger partial charge in [-0.15, -0.1) is 0 Å². The standard InChI is InChI=1S/C13H15N5O/c14-10-1-3-11(4-2-10)16-13(19)18-8-7-17-6-5-15-12(17)9-18/h1-6H,7-9,14H2,(H,16,19). The molecule has 1 aliphatic heterocycles. The molecule has 6 nitrogen and oxygen atoms in total. The molecule has 98 valence electrons. The third kappa shape index (κ3) is 2.37. The molecule has 0 spiro atoms. The molecule has 1 aliphatic rings. The highest BCUT2D eigenvalue weighted by atomic mass is 16.2. The molecule has 0 bridgehead atoms. The van der Waals surface area contributed by atoms with Gasteiger partial charge in [-0.25, -0.2) is 9.78 Å². The average Bonchev–Trinajstić information content (AvgIpc) is 2.88. The number of carbonyl (C=O) groups is 1. The van der Waals surface area contributed by atoms with Crippen molar-refractivity contribution in [3.05, 3.63) is 42.5 Å². The lowest BCUT2D eigenvalue weighted by molar-refractivity contribution is 0.195. The van der Waals surface area contributed by atoms with Crippen LogP contribution in [0.25, 0.3) is 0 Å². The molecular formula is C13H15N5O. The molecule has 3 N–H and O–H groups in total. The summed E-state index contributed by atoms with van der Waals surface area (Å²) >= 11 is 0. The van der Waals surface area contributed by atoms with Crippen LogP contribution in [0.3, 0.4) is 0 Å². The fraction of sp³-hybridized carbons (Fsp3) is 0.231. The number of hydrogen-bond acceptors (Lipinski definition) is 3. The first kappa shape index (κ1) is 11.6. The van der Waals surface area contributed by atoms with E-state index in [9.17, 15) is 4.79 Å². The van der Waals surface area contributed by atoms with E-state index in [2.05, 4.69) is 14.9 Å². The second-order valence-electron chi connectivity index (χ2n) is 4.51. The van der Waals surface area contributed by atoms with Crippen LogP contribution >= 0.6 is 0 Å². The van der Waals surface area contributed by atoms with Gasteiger partial charge in [0, 0.05) is 36.9 Å². The predicted molar refractivity (Wildman–Crippen MR) is 72.5 cm³/mol. The van der Waals surface area contributed by atoms with E-state index in [1.165, 1.54) is 0 Å². The van der Waals surface area contributed by atoms with Crippen LogP contribution < -0.4 is 11.1 Å². The van der Waals surface area contributed by atoms with Gasteiger partial charge in [-0.1, -0.05) is 0 Å². The molecule has 2 aromatic rings. The summed E-state index contributed by atoms with van der Waals surface area (Å²) in [5.41, 5.74) is 7.03. The number of benzene rings is 1. The number of anilines is 2. The Hall–Kier alpha value is -2.50. The molecule has 0 aliphatic carbocycles. The van der Waals surface area contributed by atoms with Gasteiger partial charge < -0.3 is 20.5 Å². The fourth-order valence-electron chi connectivity index (χ4n) is 2.12. The van der Waals surface area contributed by atoms with Gasteiger partial charge in [0.05, 0.1) is 6.54 Å². The van der Waals surface area contributed by atoms with Crippen molar-refractivity contribution in [1.29, 1.82) is 0 Å². The van der Waals surface area contributed by atoms with Crippen molar-refractivity contribution < 1.29 is 4.79 Å². The van der Waals surface area contributed by atoms with Crippen LogP contribution in [0, 0.1) is 0 Å². The maximum absolute atomic E-state index is 12.1. The smallest absolute Gasteiger partial charge is 0.322 e. The largest absolute Gasteiger partial charge is 0.399 e. The molecule has 19 heavy (non-hydrogen) atoms. The van der Waals surface area contributed by atoms with E-state index < -0.39 is 0 Å². The van der Waals surface area contributed by atoms with E-state index in [-0.39, 0.29) is 6.03 Å². The zero-order chi connectivity index (χ0) is 13.2. The van der Waals surface area contributed by atoms with Crippen LogP contribution in [0.2, 0.25) is 0 Å². The molecule has 2 heterocycles. The molecule has 0 fully saturated rings. The first-order valence-corrected chi connectivity index (χ1v) is 6.14. The Morgan fingerprint density at radius 2 is 2.05 bits per heavy atom. The van der Waals surface area contributed by atoms with Crippen LogP contribution in [0.15, 0.2) is 36.7 Å². The number of imidazole rings is 1. The normalized spacial score (nSPS) is 14.0. The van der Waals surface area contributed by atoms with E-state index in [1.807, 2.05) is 6.20 Å². The Morgan fingerprint density at radius 1 is 1.26 bits per heavy atom. The van der Waals surface area contributed by atoms with Crippen molar-refractivity contribution in [2.45, 2.75) is 13.1 Å². The average molecular weight is 257 g/mol. The predicted octanol–water partition coefficient (Wildman–Crippen LogP) is 1.51. The number of aromatic nitrogens is 2. The molecule has 1 aromatic heterocycles. The Morgan fingerprint density at radius 3 is 2.84 bits per heavy atom. The minimum absolute atomic E-state index is 0.112. The van der Waals surface area contributed by atoms with E-state index in [0.717, 1.165) is 18.1 Å². The summed E-state index contributed by atoms with van der Waals surface area (Å²) in [6, 6.07) is 6.99. The molecule has 1 aromatic carbocycles. The van der Waals surface area contributed by atoms with Gasteiger partial charge >= 0.3 is 6.03 Å². The van der Waals surface area contributed by atoms with E-state index in [1.54, 1.807) is 35.4 Å². The van der Waals surface area contributed by atoms with Gasteiger partial charge in [0.1, 0.15) is 5.82 Å². The van der Waals surface area contributed by atoms with Crippen LogP contribution in [0.5, 0.6) is 0 Å². The summed E-state index contributed by atoms with van der Waals surface area (Å²) in [6.07, 6.45) is 3.70. The van der Waals surface area contributed by atoms with Gasteiger partial charge in [0.15, 0.2) is 0 Å². The van der Waals surface area contributed by atoms with Gasteiger partial charge in [0.2, 0.25) is 0 Å². The number of hydrogen-bond donors (Lipinski definition) is 2. The topological polar surface area (TPSA) is 76.2 Å². The molecule has 0 saturated carbocycles. The van der Waals surface area contributed by atoms with Gasteiger partial charge in [-0.05, 0) is 24.3 Å². The molecule has 0 atom stereocenters. The lowest BCUT2D eigenvalue weighted by Gasteiger charge is -2.27. The molecule has 6 heteroatoms. The number of rotatable bonds is 1. The summed E-state index contributed by atoms with van der Waals surface area (Å²) in [6.45, 7) is 2.00. The van der Waals surface area contributed by atoms with Crippen LogP contribution in [-0.4, -0.2) is 27.0 Å².